The van der Waals surface area contributed by atoms with Crippen molar-refractivity contribution in [3.63, 3.8) is 0 Å². The number of aromatic carboxylic acids is 1. The van der Waals surface area contributed by atoms with Crippen LogP contribution in [0.2, 0.25) is 0 Å². The SMILES string of the molecule is Cc1cc(C)cc(C2c3c(ccc(N=Nc4cccc(-c5cccc(C(=O)O)c5)c4O)c3O)C=C[NH+]2[O-])c1. The van der Waals surface area contributed by atoms with Crippen LogP contribution in [-0.2, 0) is 0 Å². The number of aryl methyl sites for hydroxylation is 2. The minimum Gasteiger partial charge on any atom is -0.629 e. The topological polar surface area (TPSA) is 130 Å². The largest absolute Gasteiger partial charge is 0.629 e. The fraction of sp³-hybridized carbons (Fsp3) is 0.100. The van der Waals surface area contributed by atoms with Gasteiger partial charge in [0.15, 0.2) is 11.5 Å². The van der Waals surface area contributed by atoms with E-state index in [1.54, 1.807) is 48.5 Å². The van der Waals surface area contributed by atoms with Gasteiger partial charge in [-0.1, -0.05) is 47.5 Å². The molecule has 0 aromatic heterocycles. The van der Waals surface area contributed by atoms with Gasteiger partial charge in [-0.15, -0.1) is 10.2 Å². The van der Waals surface area contributed by atoms with Crippen LogP contribution >= 0.6 is 0 Å². The summed E-state index contributed by atoms with van der Waals surface area (Å²) >= 11 is 0. The summed E-state index contributed by atoms with van der Waals surface area (Å²) in [6.45, 7) is 3.92. The molecular formula is C30H25N3O5. The van der Waals surface area contributed by atoms with Crippen molar-refractivity contribution < 1.29 is 25.2 Å². The minimum atomic E-state index is -1.07. The Morgan fingerprint density at radius 3 is 2.26 bits per heavy atom. The molecule has 1 aliphatic heterocycles. The van der Waals surface area contributed by atoms with Gasteiger partial charge < -0.3 is 25.6 Å². The molecule has 8 nitrogen and oxygen atoms in total. The number of quaternary nitrogens is 1. The van der Waals surface area contributed by atoms with Gasteiger partial charge in [-0.2, -0.15) is 0 Å². The van der Waals surface area contributed by atoms with Gasteiger partial charge in [0.25, 0.3) is 0 Å². The zero-order valence-electron chi connectivity index (χ0n) is 20.7. The van der Waals surface area contributed by atoms with Gasteiger partial charge in [-0.05, 0) is 67.4 Å². The number of benzene rings is 4. The van der Waals surface area contributed by atoms with Gasteiger partial charge >= 0.3 is 5.97 Å². The summed E-state index contributed by atoms with van der Waals surface area (Å²) in [6.07, 6.45) is 3.20. The number of para-hydroxylation sites is 1. The molecule has 8 heteroatoms. The van der Waals surface area contributed by atoms with E-state index in [9.17, 15) is 25.3 Å². The predicted molar refractivity (Wildman–Crippen MR) is 144 cm³/mol. The predicted octanol–water partition coefficient (Wildman–Crippen LogP) is 5.95. The molecule has 190 valence electrons. The fourth-order valence-corrected chi connectivity index (χ4v) is 4.83. The third kappa shape index (κ3) is 4.66. The van der Waals surface area contributed by atoms with Gasteiger partial charge in [-0.25, -0.2) is 4.79 Å². The molecule has 0 aliphatic carbocycles. The first-order valence-corrected chi connectivity index (χ1v) is 12.0. The van der Waals surface area contributed by atoms with Gasteiger partial charge in [0.05, 0.1) is 17.3 Å². The minimum absolute atomic E-state index is 0.0925. The Hall–Kier alpha value is -4.79. The average molecular weight is 508 g/mol. The van der Waals surface area contributed by atoms with Gasteiger partial charge in [0, 0.05) is 11.1 Å². The standard InChI is InChI=1S/C30H25N3O5/c1-17-13-18(2)15-22(14-17)27-26-19(11-12-33(27)38)9-10-25(29(26)35)32-31-24-8-4-7-23(28(24)34)20-5-3-6-21(16-20)30(36)37/h3-16,27,33-35H,1-2H3,(H,36,37). The number of rotatable bonds is 5. The first-order valence-electron chi connectivity index (χ1n) is 12.0. The van der Waals surface area contributed by atoms with Crippen LogP contribution in [0.1, 0.15) is 44.2 Å². The van der Waals surface area contributed by atoms with Crippen molar-refractivity contribution in [2.45, 2.75) is 19.9 Å². The summed E-state index contributed by atoms with van der Waals surface area (Å²) < 4.78 is 0. The second-order valence-corrected chi connectivity index (χ2v) is 9.29. The Bertz CT molecular complexity index is 1610. The van der Waals surface area contributed by atoms with Crippen LogP contribution in [0.15, 0.2) is 89.2 Å². The molecule has 1 aliphatic rings. The molecule has 0 amide bonds. The van der Waals surface area contributed by atoms with Crippen LogP contribution in [0.3, 0.4) is 0 Å². The Morgan fingerprint density at radius 1 is 0.868 bits per heavy atom. The summed E-state index contributed by atoms with van der Waals surface area (Å²) in [6, 6.07) is 19.7. The molecule has 0 saturated carbocycles. The molecule has 4 aromatic rings. The fourth-order valence-electron chi connectivity index (χ4n) is 4.83. The van der Waals surface area contributed by atoms with Crippen molar-refractivity contribution in [1.29, 1.82) is 0 Å². The van der Waals surface area contributed by atoms with Crippen molar-refractivity contribution in [3.05, 3.63) is 118 Å². The molecule has 0 fully saturated rings. The Balaban J connectivity index is 1.54. The van der Waals surface area contributed by atoms with Crippen LogP contribution in [0.4, 0.5) is 11.4 Å². The summed E-state index contributed by atoms with van der Waals surface area (Å²) in [4.78, 5) is 11.4. The van der Waals surface area contributed by atoms with E-state index in [0.29, 0.717) is 22.3 Å². The van der Waals surface area contributed by atoms with Gasteiger partial charge in [0.2, 0.25) is 0 Å². The van der Waals surface area contributed by atoms with Crippen molar-refractivity contribution in [3.8, 4) is 22.6 Å². The number of nitrogens with zero attached hydrogens (tertiary/aromatic N) is 2. The number of phenols is 2. The van der Waals surface area contributed by atoms with Crippen LogP contribution < -0.4 is 5.06 Å². The molecule has 4 aromatic carbocycles. The summed E-state index contributed by atoms with van der Waals surface area (Å²) in [7, 11) is 0. The third-order valence-electron chi connectivity index (χ3n) is 6.51. The van der Waals surface area contributed by atoms with Crippen LogP contribution in [0, 0.1) is 19.1 Å². The lowest BCUT2D eigenvalue weighted by Crippen LogP contribution is -3.03. The summed E-state index contributed by atoms with van der Waals surface area (Å²) in [5, 5.41) is 52.6. The molecule has 4 N–H and O–H groups in total. The molecule has 2 unspecified atom stereocenters. The molecular weight excluding hydrogens is 482 g/mol. The Kier molecular flexibility index (Phi) is 6.50. The lowest BCUT2D eigenvalue weighted by Gasteiger charge is -2.33. The molecule has 0 radical (unpaired) electrons. The maximum atomic E-state index is 13.0. The quantitative estimate of drug-likeness (QED) is 0.196. The number of aromatic hydroxyl groups is 2. The Labute approximate surface area is 219 Å². The van der Waals surface area contributed by atoms with E-state index >= 15 is 0 Å². The number of carboxylic acids is 1. The highest BCUT2D eigenvalue weighted by Gasteiger charge is 2.30. The lowest BCUT2D eigenvalue weighted by atomic mass is 9.89. The van der Waals surface area contributed by atoms with Crippen LogP contribution in [0.25, 0.3) is 17.2 Å². The lowest BCUT2D eigenvalue weighted by molar-refractivity contribution is -0.820. The number of hydroxylamine groups is 2. The molecule has 2 atom stereocenters. The molecule has 0 spiro atoms. The number of hydrogen-bond acceptors (Lipinski definition) is 6. The second-order valence-electron chi connectivity index (χ2n) is 9.29. The highest BCUT2D eigenvalue weighted by Crippen LogP contribution is 2.42. The maximum absolute atomic E-state index is 13.0. The van der Waals surface area contributed by atoms with Gasteiger partial charge in [0.1, 0.15) is 17.4 Å². The maximum Gasteiger partial charge on any atom is 0.335 e. The monoisotopic (exact) mass is 507 g/mol. The number of azo groups is 1. The number of carbonyl (C=O) groups is 1. The zero-order valence-corrected chi connectivity index (χ0v) is 20.7. The third-order valence-corrected chi connectivity index (χ3v) is 6.51. The molecule has 0 bridgehead atoms. The van der Waals surface area contributed by atoms with E-state index in [1.165, 1.54) is 18.3 Å². The molecule has 5 rings (SSSR count). The van der Waals surface area contributed by atoms with E-state index in [2.05, 4.69) is 10.2 Å². The van der Waals surface area contributed by atoms with Crippen molar-refractivity contribution in [2.75, 3.05) is 0 Å². The highest BCUT2D eigenvalue weighted by atomic mass is 16.5. The van der Waals surface area contributed by atoms with E-state index in [1.807, 2.05) is 32.0 Å². The van der Waals surface area contributed by atoms with Crippen LogP contribution in [-0.4, -0.2) is 21.3 Å². The normalized spacial score (nSPS) is 16.5. The number of fused-ring (bicyclic) bond motifs is 1. The first-order chi connectivity index (χ1) is 18.2. The van der Waals surface area contributed by atoms with Crippen molar-refractivity contribution >= 4 is 23.4 Å². The average Bonchev–Trinajstić information content (AvgIpc) is 2.88. The number of carboxylic acid groups (broad SMARTS) is 1. The molecule has 0 saturated heterocycles. The summed E-state index contributed by atoms with van der Waals surface area (Å²) in [5.74, 6) is -1.40. The first kappa shape index (κ1) is 24.9. The molecule has 1 heterocycles. The van der Waals surface area contributed by atoms with E-state index in [0.717, 1.165) is 16.7 Å². The number of phenolic OH excluding ortho intramolecular Hbond substituents is 2. The van der Waals surface area contributed by atoms with Crippen molar-refractivity contribution in [2.24, 2.45) is 10.2 Å². The van der Waals surface area contributed by atoms with Gasteiger partial charge in [-0.3, -0.25) is 0 Å². The molecule has 38 heavy (non-hydrogen) atoms. The second kappa shape index (κ2) is 9.93. The van der Waals surface area contributed by atoms with E-state index < -0.39 is 12.0 Å². The smallest absolute Gasteiger partial charge is 0.335 e. The van der Waals surface area contributed by atoms with Crippen molar-refractivity contribution in [1.82, 2.24) is 0 Å². The zero-order chi connectivity index (χ0) is 27.0. The van der Waals surface area contributed by atoms with E-state index in [-0.39, 0.29) is 33.5 Å². The Morgan fingerprint density at radius 2 is 1.55 bits per heavy atom. The number of hydrogen-bond donors (Lipinski definition) is 4. The van der Waals surface area contributed by atoms with Crippen LogP contribution in [0.5, 0.6) is 11.5 Å². The summed E-state index contributed by atoms with van der Waals surface area (Å²) in [5.41, 5.74) is 5.29. The van der Waals surface area contributed by atoms with E-state index in [4.69, 9.17) is 0 Å². The highest BCUT2D eigenvalue weighted by molar-refractivity contribution is 5.90. The number of nitrogens with one attached hydrogen (secondary N) is 1.